The van der Waals surface area contributed by atoms with Crippen molar-refractivity contribution in [2.24, 2.45) is 11.3 Å². The van der Waals surface area contributed by atoms with E-state index in [1.54, 1.807) is 0 Å². The maximum absolute atomic E-state index is 5.15. The molecule has 0 N–H and O–H groups in total. The van der Waals surface area contributed by atoms with Crippen LogP contribution in [0.25, 0.3) is 0 Å². The zero-order valence-corrected chi connectivity index (χ0v) is 15.8. The fourth-order valence-electron chi connectivity index (χ4n) is 1.50. The van der Waals surface area contributed by atoms with Crippen LogP contribution < -0.4 is 0 Å². The van der Waals surface area contributed by atoms with Gasteiger partial charge in [0.15, 0.2) is 0 Å². The number of rotatable bonds is 3. The number of hydrogen-bond acceptors (Lipinski definition) is 2. The van der Waals surface area contributed by atoms with Crippen molar-refractivity contribution in [1.82, 2.24) is 0 Å². The fraction of sp³-hybridized carbons (Fsp3) is 0.846. The van der Waals surface area contributed by atoms with E-state index in [0.717, 1.165) is 25.6 Å². The molecule has 1 nitrogen and oxygen atoms in total. The van der Waals surface area contributed by atoms with Crippen LogP contribution in [0, 0.1) is 49.4 Å². The van der Waals surface area contributed by atoms with Crippen LogP contribution in [0.3, 0.4) is 0 Å². The molecule has 0 amide bonds. The molecule has 0 aromatic rings. The molecular weight excluding hydrogens is 442 g/mol. The SMILES string of the molecule is CC.CCCC[C-]=S.[CH2-]C12COCC1C2.[U+2]. The molecule has 0 spiro atoms. The molecule has 0 bridgehead atoms. The molecule has 1 saturated carbocycles. The predicted octanol–water partition coefficient (Wildman–Crippen LogP) is 3.94. The average Bonchev–Trinajstić information content (AvgIpc) is 2.78. The average molecular weight is 466 g/mol. The minimum Gasteiger partial charge on any atom is -0.425 e. The van der Waals surface area contributed by atoms with Gasteiger partial charge in [0, 0.05) is 13.2 Å². The first kappa shape index (κ1) is 19.4. The fourth-order valence-corrected chi connectivity index (χ4v) is 1.64. The maximum atomic E-state index is 5.15. The maximum Gasteiger partial charge on any atom is 2.00 e. The predicted molar refractivity (Wildman–Crippen MR) is 70.2 cm³/mol. The van der Waals surface area contributed by atoms with Gasteiger partial charge in [-0.2, -0.15) is 6.42 Å². The Kier molecular flexibility index (Phi) is 13.6. The molecule has 1 heterocycles. The largest absolute Gasteiger partial charge is 2.00 e. The van der Waals surface area contributed by atoms with Crippen LogP contribution in [0.2, 0.25) is 0 Å². The van der Waals surface area contributed by atoms with E-state index in [2.05, 4.69) is 31.4 Å². The molecule has 2 fully saturated rings. The number of ether oxygens (including phenoxy) is 1. The molecule has 0 aromatic heterocycles. The van der Waals surface area contributed by atoms with Gasteiger partial charge in [0.25, 0.3) is 0 Å². The summed E-state index contributed by atoms with van der Waals surface area (Å²) in [7, 11) is 0. The summed E-state index contributed by atoms with van der Waals surface area (Å²) in [6.45, 7) is 12.1. The van der Waals surface area contributed by atoms with E-state index < -0.39 is 0 Å². The number of hydrogen-bond donors (Lipinski definition) is 0. The van der Waals surface area contributed by atoms with Gasteiger partial charge in [0.1, 0.15) is 0 Å². The van der Waals surface area contributed by atoms with Crippen LogP contribution in [-0.4, -0.2) is 18.6 Å². The monoisotopic (exact) mass is 466 g/mol. The molecule has 1 aliphatic heterocycles. The summed E-state index contributed by atoms with van der Waals surface area (Å²) in [6, 6.07) is 0. The molecule has 2 unspecified atom stereocenters. The van der Waals surface area contributed by atoms with Crippen molar-refractivity contribution < 1.29 is 35.9 Å². The third-order valence-electron chi connectivity index (χ3n) is 2.70. The summed E-state index contributed by atoms with van der Waals surface area (Å²) in [6.07, 6.45) is 4.71. The van der Waals surface area contributed by atoms with Crippen LogP contribution in [0.5, 0.6) is 0 Å². The van der Waals surface area contributed by atoms with Crippen LogP contribution >= 0.6 is 12.2 Å². The first-order valence-corrected chi connectivity index (χ1v) is 6.42. The van der Waals surface area contributed by atoms with E-state index in [0.29, 0.717) is 5.41 Å². The van der Waals surface area contributed by atoms with Crippen LogP contribution in [-0.2, 0) is 4.74 Å². The molecule has 1 saturated heterocycles. The van der Waals surface area contributed by atoms with Crippen molar-refractivity contribution in [3.8, 4) is 0 Å². The van der Waals surface area contributed by atoms with E-state index in [1.165, 1.54) is 19.3 Å². The molecule has 1 aliphatic carbocycles. The molecule has 0 radical (unpaired) electrons. The van der Waals surface area contributed by atoms with Gasteiger partial charge in [0.05, 0.1) is 0 Å². The molecule has 92 valence electrons. The van der Waals surface area contributed by atoms with E-state index in [9.17, 15) is 0 Å². The van der Waals surface area contributed by atoms with Crippen molar-refractivity contribution >= 4 is 17.6 Å². The Morgan fingerprint density at radius 3 is 2.25 bits per heavy atom. The Labute approximate surface area is 130 Å². The molecule has 3 heteroatoms. The van der Waals surface area contributed by atoms with Crippen molar-refractivity contribution in [3.63, 3.8) is 0 Å². The summed E-state index contributed by atoms with van der Waals surface area (Å²) in [5.41, 5.74) is 0.389. The van der Waals surface area contributed by atoms with Crippen LogP contribution in [0.4, 0.5) is 0 Å². The topological polar surface area (TPSA) is 9.23 Å². The Hall–Kier alpha value is 1.10. The van der Waals surface area contributed by atoms with Crippen molar-refractivity contribution in [3.05, 3.63) is 6.92 Å². The van der Waals surface area contributed by atoms with E-state index >= 15 is 0 Å². The summed E-state index contributed by atoms with van der Waals surface area (Å²) < 4.78 is 5.15. The number of fused-ring (bicyclic) bond motifs is 1. The summed E-state index contributed by atoms with van der Waals surface area (Å²) in [5, 5.41) is 2.65. The molecule has 0 aromatic carbocycles. The smallest absolute Gasteiger partial charge is 0.425 e. The zero-order valence-electron chi connectivity index (χ0n) is 10.8. The Morgan fingerprint density at radius 1 is 1.50 bits per heavy atom. The van der Waals surface area contributed by atoms with Crippen molar-refractivity contribution in [2.45, 2.75) is 46.5 Å². The number of unbranched alkanes of at least 4 members (excludes halogenated alkanes) is 2. The van der Waals surface area contributed by atoms with Gasteiger partial charge in [-0.15, -0.1) is 5.41 Å². The molecule has 2 aliphatic rings. The molecule has 16 heavy (non-hydrogen) atoms. The molecule has 2 rings (SSSR count). The van der Waals surface area contributed by atoms with Crippen LogP contribution in [0.1, 0.15) is 46.5 Å². The summed E-state index contributed by atoms with van der Waals surface area (Å²) >= 11 is 4.47. The van der Waals surface area contributed by atoms with Gasteiger partial charge in [0.2, 0.25) is 0 Å². The second kappa shape index (κ2) is 11.2. The summed E-state index contributed by atoms with van der Waals surface area (Å²) in [5.74, 6) is 0.826. The van der Waals surface area contributed by atoms with Crippen molar-refractivity contribution in [1.29, 1.82) is 0 Å². The number of thiocarbonyl (C=S) groups is 1. The second-order valence-corrected chi connectivity index (χ2v) is 4.32. The quantitative estimate of drug-likeness (QED) is 0.354. The molecular formula is C13H24OSU. The first-order valence-electron chi connectivity index (χ1n) is 6.01. The molecule has 2 atom stereocenters. The normalized spacial score (nSPS) is 28.4. The van der Waals surface area contributed by atoms with Gasteiger partial charge in [-0.1, -0.05) is 40.0 Å². The first-order chi connectivity index (χ1) is 7.23. The van der Waals surface area contributed by atoms with Crippen molar-refractivity contribution in [2.75, 3.05) is 13.2 Å². The Morgan fingerprint density at radius 2 is 2.12 bits per heavy atom. The van der Waals surface area contributed by atoms with Gasteiger partial charge in [-0.05, 0) is 5.92 Å². The van der Waals surface area contributed by atoms with E-state index in [1.807, 2.05) is 13.8 Å². The van der Waals surface area contributed by atoms with Gasteiger partial charge < -0.3 is 29.2 Å². The Bertz CT molecular complexity index is 173. The van der Waals surface area contributed by atoms with Gasteiger partial charge >= 0.3 is 31.1 Å². The third kappa shape index (κ3) is 7.43. The third-order valence-corrected chi connectivity index (χ3v) is 2.90. The second-order valence-electron chi connectivity index (χ2n) is 4.03. The minimum atomic E-state index is 0. The standard InChI is InChI=1S/C6H9O.C5H9S.C2H6.U/c1-6-2-5(6)3-7-4-6;1-2-3-4-5-6;1-2;/h5H,1-4H2;2-4H2,1H3;1-2H3;/q2*-1;;+2. The van der Waals surface area contributed by atoms with E-state index in [4.69, 9.17) is 4.74 Å². The minimum absolute atomic E-state index is 0. The Balaban J connectivity index is 0. The van der Waals surface area contributed by atoms with Crippen LogP contribution in [0.15, 0.2) is 0 Å². The van der Waals surface area contributed by atoms with E-state index in [-0.39, 0.29) is 31.1 Å². The van der Waals surface area contributed by atoms with Gasteiger partial charge in [-0.3, -0.25) is 0 Å². The van der Waals surface area contributed by atoms with Gasteiger partial charge in [-0.25, -0.2) is 0 Å². The zero-order chi connectivity index (χ0) is 11.7. The summed E-state index contributed by atoms with van der Waals surface area (Å²) in [4.78, 5) is 0.